The van der Waals surface area contributed by atoms with E-state index in [1.165, 1.54) is 0 Å². The number of aromatic nitrogens is 2. The van der Waals surface area contributed by atoms with E-state index in [4.69, 9.17) is 23.2 Å². The molecule has 1 unspecified atom stereocenters. The standard InChI is InChI=1S/C26H33Cl2N5O2/c1-5-9-23(24(28)18(2)27)32-14-12-31(13-15-32)17-22(34)16-29-26(35)25-19(3)33(20(4)30-25)21-10-7-6-8-11-21/h5-11,22,34H,2,12-17H2,1,3-4H3,(H,29,35)/b9-5-,24-23-. The van der Waals surface area contributed by atoms with Crippen LogP contribution >= 0.6 is 23.2 Å². The average Bonchev–Trinajstić information content (AvgIpc) is 3.15. The molecule has 1 saturated heterocycles. The number of allylic oxidation sites excluding steroid dienone is 4. The van der Waals surface area contributed by atoms with E-state index in [1.807, 2.05) is 67.8 Å². The SMILES string of the molecule is C=C(Cl)/C(Cl)=C(\C=C/C)N1CCN(CC(O)CNC(=O)c2nc(C)n(-c3ccccc3)c2C)CC1. The molecule has 2 heterocycles. The van der Waals surface area contributed by atoms with E-state index in [-0.39, 0.29) is 12.5 Å². The van der Waals surface area contributed by atoms with Crippen molar-refractivity contribution in [2.75, 3.05) is 39.3 Å². The summed E-state index contributed by atoms with van der Waals surface area (Å²) in [5, 5.41) is 14.1. The lowest BCUT2D eigenvalue weighted by molar-refractivity contribution is 0.0751. The first-order valence-corrected chi connectivity index (χ1v) is 12.4. The third-order valence-corrected chi connectivity index (χ3v) is 6.68. The molecular formula is C26H33Cl2N5O2. The molecule has 1 aliphatic rings. The van der Waals surface area contributed by atoms with Gasteiger partial charge in [0.05, 0.1) is 27.6 Å². The molecule has 188 valence electrons. The summed E-state index contributed by atoms with van der Waals surface area (Å²) < 4.78 is 1.95. The van der Waals surface area contributed by atoms with Gasteiger partial charge >= 0.3 is 0 Å². The second-order valence-corrected chi connectivity index (χ2v) is 9.35. The van der Waals surface area contributed by atoms with Crippen molar-refractivity contribution in [3.63, 3.8) is 0 Å². The molecule has 0 bridgehead atoms. The number of aliphatic hydroxyl groups excluding tert-OH is 1. The highest BCUT2D eigenvalue weighted by Crippen LogP contribution is 2.25. The average molecular weight is 518 g/mol. The summed E-state index contributed by atoms with van der Waals surface area (Å²) in [6.07, 6.45) is 3.15. The number of nitrogens with zero attached hydrogens (tertiary/aromatic N) is 4. The van der Waals surface area contributed by atoms with Gasteiger partial charge in [0.15, 0.2) is 0 Å². The van der Waals surface area contributed by atoms with Crippen molar-refractivity contribution in [1.29, 1.82) is 0 Å². The van der Waals surface area contributed by atoms with E-state index in [9.17, 15) is 9.90 Å². The van der Waals surface area contributed by atoms with Crippen LogP contribution in [0.3, 0.4) is 0 Å². The van der Waals surface area contributed by atoms with Gasteiger partial charge in [0.1, 0.15) is 11.5 Å². The van der Waals surface area contributed by atoms with Crippen molar-refractivity contribution in [2.24, 2.45) is 0 Å². The van der Waals surface area contributed by atoms with Gasteiger partial charge in [-0.3, -0.25) is 9.69 Å². The lowest BCUT2D eigenvalue weighted by atomic mass is 10.2. The number of β-amino-alcohol motifs (C(OH)–C–C–N with tert-alkyl or cyclic N) is 1. The maximum absolute atomic E-state index is 12.8. The minimum absolute atomic E-state index is 0.150. The van der Waals surface area contributed by atoms with E-state index in [1.54, 1.807) is 0 Å². The molecule has 2 aromatic rings. The summed E-state index contributed by atoms with van der Waals surface area (Å²) in [5.74, 6) is 0.447. The molecule has 1 fully saturated rings. The zero-order valence-corrected chi connectivity index (χ0v) is 22.0. The molecule has 35 heavy (non-hydrogen) atoms. The molecule has 0 aliphatic carbocycles. The maximum Gasteiger partial charge on any atom is 0.271 e. The molecule has 1 aromatic carbocycles. The van der Waals surface area contributed by atoms with Gasteiger partial charge in [0.25, 0.3) is 5.91 Å². The number of nitrogens with one attached hydrogen (secondary N) is 1. The van der Waals surface area contributed by atoms with Gasteiger partial charge in [-0.15, -0.1) is 0 Å². The van der Waals surface area contributed by atoms with Crippen LogP contribution in [0.5, 0.6) is 0 Å². The highest BCUT2D eigenvalue weighted by molar-refractivity contribution is 6.44. The topological polar surface area (TPSA) is 73.6 Å². The summed E-state index contributed by atoms with van der Waals surface area (Å²) in [6.45, 7) is 13.0. The molecule has 0 saturated carbocycles. The van der Waals surface area contributed by atoms with Gasteiger partial charge in [-0.05, 0) is 39.0 Å². The molecule has 1 aliphatic heterocycles. The molecule has 1 amide bonds. The predicted octanol–water partition coefficient (Wildman–Crippen LogP) is 3.98. The first-order chi connectivity index (χ1) is 16.7. The highest BCUT2D eigenvalue weighted by atomic mass is 35.5. The first kappa shape index (κ1) is 27.0. The van der Waals surface area contributed by atoms with Crippen LogP contribution in [0.4, 0.5) is 0 Å². The van der Waals surface area contributed by atoms with E-state index in [2.05, 4.69) is 26.7 Å². The summed E-state index contributed by atoms with van der Waals surface area (Å²) in [7, 11) is 0. The van der Waals surface area contributed by atoms with Gasteiger partial charge in [-0.25, -0.2) is 4.98 Å². The summed E-state index contributed by atoms with van der Waals surface area (Å²) in [4.78, 5) is 21.6. The first-order valence-electron chi connectivity index (χ1n) is 11.6. The normalized spacial score (nSPS) is 16.3. The molecule has 1 aromatic heterocycles. The van der Waals surface area contributed by atoms with Crippen LogP contribution in [0.15, 0.2) is 64.8 Å². The number of rotatable bonds is 9. The molecule has 7 nitrogen and oxygen atoms in total. The number of imidazole rings is 1. The van der Waals surface area contributed by atoms with Crippen molar-refractivity contribution < 1.29 is 9.90 Å². The second-order valence-electron chi connectivity index (χ2n) is 8.52. The Morgan fingerprint density at radius 1 is 1.20 bits per heavy atom. The van der Waals surface area contributed by atoms with E-state index in [0.717, 1.165) is 49.1 Å². The van der Waals surface area contributed by atoms with Crippen LogP contribution in [0.2, 0.25) is 0 Å². The Hall–Kier alpha value is -2.58. The third kappa shape index (κ3) is 6.76. The van der Waals surface area contributed by atoms with Crippen LogP contribution in [0.25, 0.3) is 5.69 Å². The quantitative estimate of drug-likeness (QED) is 0.492. The Morgan fingerprint density at radius 3 is 2.46 bits per heavy atom. The van der Waals surface area contributed by atoms with Gasteiger partial charge < -0.3 is 19.9 Å². The zero-order valence-electron chi connectivity index (χ0n) is 20.5. The minimum Gasteiger partial charge on any atom is -0.390 e. The van der Waals surface area contributed by atoms with Crippen LogP contribution in [0.1, 0.15) is 28.9 Å². The van der Waals surface area contributed by atoms with Crippen LogP contribution in [0, 0.1) is 13.8 Å². The fourth-order valence-electron chi connectivity index (χ4n) is 4.26. The van der Waals surface area contributed by atoms with Crippen LogP contribution in [-0.4, -0.2) is 75.7 Å². The summed E-state index contributed by atoms with van der Waals surface area (Å²) in [6, 6.07) is 9.80. The number of aliphatic hydroxyl groups is 1. The minimum atomic E-state index is -0.695. The molecule has 2 N–H and O–H groups in total. The third-order valence-electron chi connectivity index (χ3n) is 5.97. The zero-order chi connectivity index (χ0) is 25.5. The van der Waals surface area contributed by atoms with Crippen LogP contribution in [-0.2, 0) is 0 Å². The Morgan fingerprint density at radius 2 is 1.86 bits per heavy atom. The van der Waals surface area contributed by atoms with E-state index in [0.29, 0.717) is 22.3 Å². The number of hydrogen-bond donors (Lipinski definition) is 2. The highest BCUT2D eigenvalue weighted by Gasteiger charge is 2.23. The Kier molecular flexibility index (Phi) is 9.57. The molecule has 0 spiro atoms. The number of piperazine rings is 1. The Balaban J connectivity index is 1.53. The van der Waals surface area contributed by atoms with Crippen LogP contribution < -0.4 is 5.32 Å². The monoisotopic (exact) mass is 517 g/mol. The van der Waals surface area contributed by atoms with Gasteiger partial charge in [-0.2, -0.15) is 0 Å². The summed E-state index contributed by atoms with van der Waals surface area (Å²) >= 11 is 12.4. The summed E-state index contributed by atoms with van der Waals surface area (Å²) in [5.41, 5.74) is 2.94. The number of benzene rings is 1. The van der Waals surface area contributed by atoms with Crippen molar-refractivity contribution in [2.45, 2.75) is 26.9 Å². The molecule has 9 heteroatoms. The smallest absolute Gasteiger partial charge is 0.271 e. The molecule has 0 radical (unpaired) electrons. The molecular weight excluding hydrogens is 485 g/mol. The lowest BCUT2D eigenvalue weighted by Crippen LogP contribution is -2.49. The van der Waals surface area contributed by atoms with Gasteiger partial charge in [0.2, 0.25) is 0 Å². The number of halogens is 2. The number of carbonyl (C=O) groups is 1. The van der Waals surface area contributed by atoms with Crippen molar-refractivity contribution in [1.82, 2.24) is 24.7 Å². The molecule has 3 rings (SSSR count). The van der Waals surface area contributed by atoms with Crippen molar-refractivity contribution in [3.05, 3.63) is 82.0 Å². The largest absolute Gasteiger partial charge is 0.390 e. The predicted molar refractivity (Wildman–Crippen MR) is 142 cm³/mol. The Labute approximate surface area is 217 Å². The lowest BCUT2D eigenvalue weighted by Gasteiger charge is -2.37. The van der Waals surface area contributed by atoms with E-state index < -0.39 is 6.10 Å². The maximum atomic E-state index is 12.8. The fourth-order valence-corrected chi connectivity index (χ4v) is 4.54. The Bertz CT molecular complexity index is 1100. The van der Waals surface area contributed by atoms with Crippen molar-refractivity contribution >= 4 is 29.1 Å². The van der Waals surface area contributed by atoms with Gasteiger partial charge in [-0.1, -0.05) is 54.1 Å². The number of carbonyl (C=O) groups excluding carboxylic acids is 1. The fraction of sp³-hybridized carbons (Fsp3) is 0.385. The second kappa shape index (κ2) is 12.4. The van der Waals surface area contributed by atoms with Crippen molar-refractivity contribution in [3.8, 4) is 5.69 Å². The number of amides is 1. The number of hydrogen-bond acceptors (Lipinski definition) is 5. The van der Waals surface area contributed by atoms with Gasteiger partial charge in [0, 0.05) is 45.0 Å². The number of para-hydroxylation sites is 1. The molecule has 1 atom stereocenters. The van der Waals surface area contributed by atoms with E-state index >= 15 is 0 Å². The number of aryl methyl sites for hydroxylation is 1.